The third-order valence-electron chi connectivity index (χ3n) is 2.42. The van der Waals surface area contributed by atoms with Gasteiger partial charge in [-0.3, -0.25) is 0 Å². The Labute approximate surface area is 94.2 Å². The first-order valence-corrected chi connectivity index (χ1v) is 6.44. The highest BCUT2D eigenvalue weighted by Gasteiger charge is 2.14. The Morgan fingerprint density at radius 1 is 1.43 bits per heavy atom. The fourth-order valence-corrected chi connectivity index (χ4v) is 2.84. The number of nitrogens with one attached hydrogen (secondary N) is 1. The maximum absolute atomic E-state index is 6.11. The molecule has 1 N–H and O–H groups in total. The highest BCUT2D eigenvalue weighted by molar-refractivity contribution is 7.99. The minimum Gasteiger partial charge on any atom is -0.312 e. The molecule has 1 aliphatic rings. The molecule has 0 spiro atoms. The quantitative estimate of drug-likeness (QED) is 0.834. The van der Waals surface area contributed by atoms with Crippen LogP contribution in [0.2, 0.25) is 5.02 Å². The Morgan fingerprint density at radius 3 is 3.00 bits per heavy atom. The average Bonchev–Trinajstić information content (AvgIpc) is 2.23. The van der Waals surface area contributed by atoms with E-state index in [0.29, 0.717) is 6.04 Å². The number of rotatable bonds is 2. The maximum Gasteiger partial charge on any atom is 0.0438 e. The fraction of sp³-hybridized carbons (Fsp3) is 0.455. The van der Waals surface area contributed by atoms with E-state index >= 15 is 0 Å². The number of halogens is 1. The van der Waals surface area contributed by atoms with Crippen LogP contribution in [0, 0.1) is 0 Å². The molecule has 1 saturated heterocycles. The second-order valence-electron chi connectivity index (χ2n) is 3.52. The molecule has 1 aromatic carbocycles. The molecule has 0 aliphatic carbocycles. The lowest BCUT2D eigenvalue weighted by atomic mass is 10.1. The summed E-state index contributed by atoms with van der Waals surface area (Å²) in [7, 11) is 0. The molecule has 1 aromatic rings. The van der Waals surface area contributed by atoms with E-state index in [1.807, 2.05) is 23.9 Å². The Balaban J connectivity index is 1.99. The summed E-state index contributed by atoms with van der Waals surface area (Å²) in [5.41, 5.74) is 1.26. The average molecular weight is 228 g/mol. The summed E-state index contributed by atoms with van der Waals surface area (Å²) in [6.45, 7) is 1.12. The van der Waals surface area contributed by atoms with Crippen LogP contribution in [0.1, 0.15) is 5.56 Å². The highest BCUT2D eigenvalue weighted by Crippen LogP contribution is 2.19. The first-order valence-electron chi connectivity index (χ1n) is 4.91. The van der Waals surface area contributed by atoms with Crippen molar-refractivity contribution in [1.82, 2.24) is 5.32 Å². The zero-order chi connectivity index (χ0) is 9.80. The van der Waals surface area contributed by atoms with Gasteiger partial charge in [0.25, 0.3) is 0 Å². The van der Waals surface area contributed by atoms with Crippen LogP contribution >= 0.6 is 23.4 Å². The van der Waals surface area contributed by atoms with Gasteiger partial charge in [-0.1, -0.05) is 29.8 Å². The molecule has 0 radical (unpaired) electrons. The lowest BCUT2D eigenvalue weighted by Crippen LogP contribution is -2.38. The van der Waals surface area contributed by atoms with Crippen molar-refractivity contribution in [2.24, 2.45) is 0 Å². The normalized spacial score (nSPS) is 22.2. The number of thioether (sulfide) groups is 1. The molecule has 14 heavy (non-hydrogen) atoms. The molecule has 1 unspecified atom stereocenters. The van der Waals surface area contributed by atoms with Gasteiger partial charge in [-0.15, -0.1) is 0 Å². The zero-order valence-corrected chi connectivity index (χ0v) is 9.57. The van der Waals surface area contributed by atoms with Gasteiger partial charge >= 0.3 is 0 Å². The van der Waals surface area contributed by atoms with Gasteiger partial charge in [0.2, 0.25) is 0 Å². The second-order valence-corrected chi connectivity index (χ2v) is 5.08. The van der Waals surface area contributed by atoms with E-state index in [9.17, 15) is 0 Å². The van der Waals surface area contributed by atoms with Crippen molar-refractivity contribution >= 4 is 23.4 Å². The second kappa shape index (κ2) is 5.06. The Kier molecular flexibility index (Phi) is 3.74. The van der Waals surface area contributed by atoms with Gasteiger partial charge in [0.15, 0.2) is 0 Å². The van der Waals surface area contributed by atoms with E-state index in [1.165, 1.54) is 17.1 Å². The largest absolute Gasteiger partial charge is 0.312 e. The van der Waals surface area contributed by atoms with E-state index < -0.39 is 0 Å². The van der Waals surface area contributed by atoms with Crippen LogP contribution in [0.5, 0.6) is 0 Å². The van der Waals surface area contributed by atoms with Crippen molar-refractivity contribution in [2.45, 2.75) is 12.5 Å². The lowest BCUT2D eigenvalue weighted by Gasteiger charge is -2.23. The molecule has 0 aromatic heterocycles. The summed E-state index contributed by atoms with van der Waals surface area (Å²) in [5, 5.41) is 4.41. The topological polar surface area (TPSA) is 12.0 Å². The van der Waals surface area contributed by atoms with Crippen LogP contribution in [0.25, 0.3) is 0 Å². The lowest BCUT2D eigenvalue weighted by molar-refractivity contribution is 0.563. The molecule has 0 saturated carbocycles. The molecule has 3 heteroatoms. The first kappa shape index (κ1) is 10.3. The van der Waals surface area contributed by atoms with Gasteiger partial charge in [-0.25, -0.2) is 0 Å². The van der Waals surface area contributed by atoms with Crippen molar-refractivity contribution in [1.29, 1.82) is 0 Å². The number of benzene rings is 1. The van der Waals surface area contributed by atoms with Gasteiger partial charge in [0.05, 0.1) is 0 Å². The van der Waals surface area contributed by atoms with Crippen LogP contribution in [-0.4, -0.2) is 24.1 Å². The van der Waals surface area contributed by atoms with E-state index in [-0.39, 0.29) is 0 Å². The standard InChI is InChI=1S/C11H14ClNS/c12-11-4-2-1-3-9(11)7-10-8-14-6-5-13-10/h1-4,10,13H,5-8H2. The van der Waals surface area contributed by atoms with E-state index in [0.717, 1.165) is 18.0 Å². The molecule has 1 heterocycles. The van der Waals surface area contributed by atoms with Crippen molar-refractivity contribution in [3.63, 3.8) is 0 Å². The third-order valence-corrected chi connectivity index (χ3v) is 3.92. The highest BCUT2D eigenvalue weighted by atomic mass is 35.5. The molecule has 1 aliphatic heterocycles. The van der Waals surface area contributed by atoms with Gasteiger partial charge in [-0.2, -0.15) is 11.8 Å². The smallest absolute Gasteiger partial charge is 0.0438 e. The van der Waals surface area contributed by atoms with E-state index in [1.54, 1.807) is 0 Å². The molecule has 2 rings (SSSR count). The fourth-order valence-electron chi connectivity index (χ4n) is 1.68. The summed E-state index contributed by atoms with van der Waals surface area (Å²) in [6.07, 6.45) is 1.05. The molecule has 1 nitrogen and oxygen atoms in total. The molecule has 76 valence electrons. The van der Waals surface area contributed by atoms with Crippen LogP contribution in [-0.2, 0) is 6.42 Å². The minimum absolute atomic E-state index is 0.591. The molecular weight excluding hydrogens is 214 g/mol. The summed E-state index contributed by atoms with van der Waals surface area (Å²) >= 11 is 8.13. The maximum atomic E-state index is 6.11. The minimum atomic E-state index is 0.591. The van der Waals surface area contributed by atoms with E-state index in [2.05, 4.69) is 17.4 Å². The molecule has 1 fully saturated rings. The van der Waals surface area contributed by atoms with Crippen molar-refractivity contribution in [3.05, 3.63) is 34.9 Å². The van der Waals surface area contributed by atoms with Crippen LogP contribution in [0.15, 0.2) is 24.3 Å². The Bertz CT molecular complexity index is 297. The van der Waals surface area contributed by atoms with Crippen LogP contribution in [0.4, 0.5) is 0 Å². The molecule has 0 amide bonds. The summed E-state index contributed by atoms with van der Waals surface area (Å²) in [4.78, 5) is 0. The monoisotopic (exact) mass is 227 g/mol. The van der Waals surface area contributed by atoms with Gasteiger partial charge < -0.3 is 5.32 Å². The predicted octanol–water partition coefficient (Wildman–Crippen LogP) is 2.59. The van der Waals surface area contributed by atoms with E-state index in [4.69, 9.17) is 11.6 Å². The van der Waals surface area contributed by atoms with Crippen molar-refractivity contribution < 1.29 is 0 Å². The molecule has 0 bridgehead atoms. The summed E-state index contributed by atoms with van der Waals surface area (Å²) in [6, 6.07) is 8.70. The first-order chi connectivity index (χ1) is 6.86. The Morgan fingerprint density at radius 2 is 2.29 bits per heavy atom. The summed E-state index contributed by atoms with van der Waals surface area (Å²) < 4.78 is 0. The van der Waals surface area contributed by atoms with Crippen molar-refractivity contribution in [3.8, 4) is 0 Å². The third kappa shape index (κ3) is 2.66. The molecule has 1 atom stereocenters. The molecular formula is C11H14ClNS. The number of hydrogen-bond donors (Lipinski definition) is 1. The van der Waals surface area contributed by atoms with Gasteiger partial charge in [-0.05, 0) is 18.1 Å². The van der Waals surface area contributed by atoms with Gasteiger partial charge in [0, 0.05) is 29.1 Å². The van der Waals surface area contributed by atoms with Gasteiger partial charge in [0.1, 0.15) is 0 Å². The van der Waals surface area contributed by atoms with Crippen LogP contribution < -0.4 is 5.32 Å². The SMILES string of the molecule is Clc1ccccc1CC1CSCCN1. The predicted molar refractivity (Wildman–Crippen MR) is 64.3 cm³/mol. The Hall–Kier alpha value is -0.180. The van der Waals surface area contributed by atoms with Crippen LogP contribution in [0.3, 0.4) is 0 Å². The zero-order valence-electron chi connectivity index (χ0n) is 8.00. The summed E-state index contributed by atoms with van der Waals surface area (Å²) in [5.74, 6) is 2.43. The number of hydrogen-bond acceptors (Lipinski definition) is 2. The van der Waals surface area contributed by atoms with Crippen molar-refractivity contribution in [2.75, 3.05) is 18.1 Å².